The molecule has 0 radical (unpaired) electrons. The Hall–Kier alpha value is -4.11. The normalized spacial score (nSPS) is 16.0. The third kappa shape index (κ3) is 4.94. The van der Waals surface area contributed by atoms with Crippen molar-refractivity contribution in [3.8, 4) is 22.8 Å². The first-order chi connectivity index (χ1) is 16.5. The van der Waals surface area contributed by atoms with Crippen LogP contribution in [0.15, 0.2) is 66.7 Å². The zero-order chi connectivity index (χ0) is 24.1. The highest BCUT2D eigenvalue weighted by atomic mass is 16.5. The maximum atomic E-state index is 12.4. The van der Waals surface area contributed by atoms with Crippen LogP contribution in [-0.2, 0) is 4.79 Å². The van der Waals surface area contributed by atoms with Crippen LogP contribution in [0.4, 0.5) is 5.82 Å². The Bertz CT molecular complexity index is 1190. The highest BCUT2D eigenvalue weighted by Crippen LogP contribution is 2.33. The van der Waals surface area contributed by atoms with Gasteiger partial charge in [-0.3, -0.25) is 9.59 Å². The van der Waals surface area contributed by atoms with E-state index in [4.69, 9.17) is 21.3 Å². The minimum atomic E-state index is -0.669. The molecule has 2 heterocycles. The lowest BCUT2D eigenvalue weighted by Gasteiger charge is -2.32. The fourth-order valence-electron chi connectivity index (χ4n) is 4.09. The van der Waals surface area contributed by atoms with Crippen molar-refractivity contribution >= 4 is 17.6 Å². The van der Waals surface area contributed by atoms with Gasteiger partial charge < -0.3 is 26.2 Å². The molecule has 1 fully saturated rings. The molecule has 1 saturated heterocycles. The molecule has 9 heteroatoms. The summed E-state index contributed by atoms with van der Waals surface area (Å²) in [6.07, 6.45) is 4.27. The lowest BCUT2D eigenvalue weighted by molar-refractivity contribution is -0.127. The van der Waals surface area contributed by atoms with E-state index in [1.54, 1.807) is 33.8 Å². The fraction of sp³-hybridized carbons (Fsp3) is 0.240. The van der Waals surface area contributed by atoms with Crippen LogP contribution in [0.25, 0.3) is 11.3 Å². The van der Waals surface area contributed by atoms with Crippen LogP contribution >= 0.6 is 0 Å². The minimum Gasteiger partial charge on any atom is -0.457 e. The molecule has 34 heavy (non-hydrogen) atoms. The van der Waals surface area contributed by atoms with Gasteiger partial charge in [-0.2, -0.15) is 5.10 Å². The van der Waals surface area contributed by atoms with Gasteiger partial charge in [-0.15, -0.1) is 0 Å². The summed E-state index contributed by atoms with van der Waals surface area (Å²) in [5.41, 5.74) is 13.2. The lowest BCUT2D eigenvalue weighted by atomic mass is 10.1. The second-order valence-electron chi connectivity index (χ2n) is 8.02. The van der Waals surface area contributed by atoms with Gasteiger partial charge in [-0.1, -0.05) is 24.3 Å². The molecule has 0 saturated carbocycles. The van der Waals surface area contributed by atoms with Crippen LogP contribution < -0.4 is 16.2 Å². The van der Waals surface area contributed by atoms with Gasteiger partial charge in [0.1, 0.15) is 28.6 Å². The molecule has 1 aliphatic heterocycles. The van der Waals surface area contributed by atoms with Gasteiger partial charge in [0.05, 0.1) is 12.6 Å². The van der Waals surface area contributed by atoms with Crippen molar-refractivity contribution in [1.82, 2.24) is 14.7 Å². The number of hydrogen-bond donors (Lipinski definition) is 3. The quantitative estimate of drug-likeness (QED) is 0.463. The van der Waals surface area contributed by atoms with Gasteiger partial charge in [-0.25, -0.2) is 4.68 Å². The number of aliphatic hydroxyl groups excluding tert-OH is 1. The van der Waals surface area contributed by atoms with Gasteiger partial charge in [0.15, 0.2) is 0 Å². The molecule has 0 unspecified atom stereocenters. The van der Waals surface area contributed by atoms with E-state index >= 15 is 0 Å². The zero-order valence-corrected chi connectivity index (χ0v) is 18.6. The first kappa shape index (κ1) is 23.1. The number of nitrogens with two attached hydrogens (primary N) is 2. The van der Waals surface area contributed by atoms with E-state index in [9.17, 15) is 9.59 Å². The molecule has 4 rings (SSSR count). The van der Waals surface area contributed by atoms with Crippen molar-refractivity contribution < 1.29 is 19.4 Å². The summed E-state index contributed by atoms with van der Waals surface area (Å²) in [6, 6.07) is 16.4. The Labute approximate surface area is 197 Å². The second kappa shape index (κ2) is 10.2. The number of rotatable bonds is 7. The maximum Gasteiger partial charge on any atom is 0.254 e. The van der Waals surface area contributed by atoms with Crippen LogP contribution in [0.3, 0.4) is 0 Å². The number of amides is 2. The molecular formula is C25H27N5O4. The van der Waals surface area contributed by atoms with Crippen LogP contribution in [0.1, 0.15) is 29.2 Å². The number of nitrogens with zero attached hydrogens (tertiary/aromatic N) is 3. The lowest BCUT2D eigenvalue weighted by Crippen LogP contribution is -2.40. The van der Waals surface area contributed by atoms with E-state index in [0.717, 1.165) is 12.8 Å². The number of carbonyl (C=O) groups excluding carboxylic acids is 2. The summed E-state index contributed by atoms with van der Waals surface area (Å²) in [5.74, 6) is 0.677. The summed E-state index contributed by atoms with van der Waals surface area (Å²) >= 11 is 0. The highest BCUT2D eigenvalue weighted by Gasteiger charge is 2.29. The molecule has 9 nitrogen and oxygen atoms in total. The SMILES string of the molecule is NC(=O)c1c(-c2ccc(Oc3ccccc3)cc2)nn([C@@H]2CCCN(C(=O)/C=C/CO)C2)c1N. The molecule has 1 aromatic heterocycles. The Morgan fingerprint density at radius 3 is 2.50 bits per heavy atom. The van der Waals surface area contributed by atoms with E-state index in [0.29, 0.717) is 35.8 Å². The number of carbonyl (C=O) groups is 2. The van der Waals surface area contributed by atoms with Crippen molar-refractivity contribution in [2.45, 2.75) is 18.9 Å². The zero-order valence-electron chi connectivity index (χ0n) is 18.6. The molecule has 5 N–H and O–H groups in total. The van der Waals surface area contributed by atoms with Crippen LogP contribution in [0, 0.1) is 0 Å². The topological polar surface area (TPSA) is 137 Å². The molecular weight excluding hydrogens is 434 g/mol. The predicted octanol–water partition coefficient (Wildman–Crippen LogP) is 2.74. The first-order valence-corrected chi connectivity index (χ1v) is 11.1. The summed E-state index contributed by atoms with van der Waals surface area (Å²) in [7, 11) is 0. The van der Waals surface area contributed by atoms with Gasteiger partial charge in [0.2, 0.25) is 5.91 Å². The van der Waals surface area contributed by atoms with Crippen molar-refractivity contribution in [2.75, 3.05) is 25.4 Å². The number of benzene rings is 2. The molecule has 0 aliphatic carbocycles. The van der Waals surface area contributed by atoms with Crippen LogP contribution in [0.2, 0.25) is 0 Å². The number of primary amides is 1. The predicted molar refractivity (Wildman–Crippen MR) is 128 cm³/mol. The van der Waals surface area contributed by atoms with E-state index in [2.05, 4.69) is 5.10 Å². The molecule has 3 aromatic rings. The van der Waals surface area contributed by atoms with Crippen LogP contribution in [-0.4, -0.2) is 51.3 Å². The smallest absolute Gasteiger partial charge is 0.254 e. The number of ether oxygens (including phenoxy) is 1. The van der Waals surface area contributed by atoms with E-state index in [1.807, 2.05) is 30.3 Å². The van der Waals surface area contributed by atoms with E-state index in [-0.39, 0.29) is 29.9 Å². The van der Waals surface area contributed by atoms with E-state index in [1.165, 1.54) is 12.2 Å². The molecule has 1 aliphatic rings. The molecule has 2 amide bonds. The number of anilines is 1. The van der Waals surface area contributed by atoms with Gasteiger partial charge >= 0.3 is 0 Å². The standard InChI is InChI=1S/C25H27N5O4/c26-24-22(25(27)33)23(17-10-12-20(13-11-17)34-19-7-2-1-3-8-19)28-30(24)18-6-4-14-29(16-18)21(32)9-5-15-31/h1-3,5,7-13,18,31H,4,6,14-16,26H2,(H2,27,33)/b9-5+/t18-/m1/s1. The summed E-state index contributed by atoms with van der Waals surface area (Å²) in [5, 5.41) is 13.6. The number of para-hydroxylation sites is 1. The number of aromatic nitrogens is 2. The molecule has 0 bridgehead atoms. The Morgan fingerprint density at radius 1 is 1.12 bits per heavy atom. The number of aliphatic hydroxyl groups is 1. The third-order valence-corrected chi connectivity index (χ3v) is 5.72. The fourth-order valence-corrected chi connectivity index (χ4v) is 4.09. The summed E-state index contributed by atoms with van der Waals surface area (Å²) in [6.45, 7) is 0.794. The average molecular weight is 462 g/mol. The number of hydrogen-bond acceptors (Lipinski definition) is 6. The van der Waals surface area contributed by atoms with Crippen molar-refractivity contribution in [3.63, 3.8) is 0 Å². The first-order valence-electron chi connectivity index (χ1n) is 11.1. The van der Waals surface area contributed by atoms with Crippen molar-refractivity contribution in [1.29, 1.82) is 0 Å². The molecule has 1 atom stereocenters. The number of nitrogen functional groups attached to an aromatic ring is 1. The van der Waals surface area contributed by atoms with Crippen LogP contribution in [0.5, 0.6) is 11.5 Å². The molecule has 2 aromatic carbocycles. The Balaban J connectivity index is 1.60. The summed E-state index contributed by atoms with van der Waals surface area (Å²) in [4.78, 5) is 26.3. The second-order valence-corrected chi connectivity index (χ2v) is 8.02. The highest BCUT2D eigenvalue weighted by molar-refractivity contribution is 6.03. The van der Waals surface area contributed by atoms with Crippen molar-refractivity contribution in [2.24, 2.45) is 5.73 Å². The van der Waals surface area contributed by atoms with Gasteiger partial charge in [0, 0.05) is 24.7 Å². The summed E-state index contributed by atoms with van der Waals surface area (Å²) < 4.78 is 7.43. The molecule has 0 spiro atoms. The Kier molecular flexibility index (Phi) is 6.93. The third-order valence-electron chi connectivity index (χ3n) is 5.72. The minimum absolute atomic E-state index is 0.153. The number of likely N-dealkylation sites (tertiary alicyclic amines) is 1. The van der Waals surface area contributed by atoms with Gasteiger partial charge in [-0.05, 0) is 49.2 Å². The monoisotopic (exact) mass is 461 g/mol. The van der Waals surface area contributed by atoms with Crippen molar-refractivity contribution in [3.05, 3.63) is 72.3 Å². The largest absolute Gasteiger partial charge is 0.457 e. The molecule has 176 valence electrons. The maximum absolute atomic E-state index is 12.4. The number of piperidine rings is 1. The Morgan fingerprint density at radius 2 is 1.82 bits per heavy atom. The van der Waals surface area contributed by atoms with Gasteiger partial charge in [0.25, 0.3) is 5.91 Å². The van der Waals surface area contributed by atoms with E-state index < -0.39 is 5.91 Å². The average Bonchev–Trinajstić information content (AvgIpc) is 3.21.